The van der Waals surface area contributed by atoms with Crippen LogP contribution in [0.2, 0.25) is 0 Å². The van der Waals surface area contributed by atoms with Gasteiger partial charge in [0.25, 0.3) is 6.71 Å². The summed E-state index contributed by atoms with van der Waals surface area (Å²) >= 11 is 0. The van der Waals surface area contributed by atoms with Crippen LogP contribution >= 0.6 is 0 Å². The lowest BCUT2D eigenvalue weighted by Crippen LogP contribution is -2.56. The molecule has 194 valence electrons. The highest BCUT2D eigenvalue weighted by atomic mass is 16.5. The van der Waals surface area contributed by atoms with Crippen molar-refractivity contribution in [1.29, 1.82) is 0 Å². The number of rotatable bonds is 3. The molecule has 42 heavy (non-hydrogen) atoms. The minimum absolute atomic E-state index is 0.0153. The molecule has 0 saturated heterocycles. The SMILES string of the molecule is c1ccc(-c2cccc(-c3ccccc3)c2B2c3ccccc3Oc3c2cc2ccc4cccc5ccc3c2c45)cc1. The molecule has 1 heterocycles. The lowest BCUT2D eigenvalue weighted by atomic mass is 9.34. The van der Waals surface area contributed by atoms with Crippen LogP contribution in [0.15, 0.2) is 152 Å². The van der Waals surface area contributed by atoms with Gasteiger partial charge in [0.2, 0.25) is 0 Å². The third kappa shape index (κ3) is 3.39. The number of benzene rings is 8. The molecule has 0 saturated carbocycles. The minimum Gasteiger partial charge on any atom is -0.458 e. The first-order chi connectivity index (χ1) is 20.8. The average Bonchev–Trinajstić information content (AvgIpc) is 3.06. The van der Waals surface area contributed by atoms with Gasteiger partial charge in [-0.2, -0.15) is 0 Å². The molecule has 1 aliphatic heterocycles. The summed E-state index contributed by atoms with van der Waals surface area (Å²) in [5, 5.41) is 7.54. The summed E-state index contributed by atoms with van der Waals surface area (Å²) in [6.45, 7) is -0.0153. The van der Waals surface area contributed by atoms with E-state index < -0.39 is 0 Å². The van der Waals surface area contributed by atoms with E-state index in [0.717, 1.165) is 11.5 Å². The third-order valence-corrected chi connectivity index (χ3v) is 8.94. The van der Waals surface area contributed by atoms with Crippen molar-refractivity contribution in [3.05, 3.63) is 152 Å². The van der Waals surface area contributed by atoms with E-state index >= 15 is 0 Å². The molecule has 0 unspecified atom stereocenters. The smallest absolute Gasteiger partial charge is 0.252 e. The Kier molecular flexibility index (Phi) is 5.06. The van der Waals surface area contributed by atoms with Crippen molar-refractivity contribution in [2.24, 2.45) is 0 Å². The van der Waals surface area contributed by atoms with Gasteiger partial charge in [-0.25, -0.2) is 0 Å². The molecular formula is C40H25BO. The summed E-state index contributed by atoms with van der Waals surface area (Å²) < 4.78 is 6.88. The summed E-state index contributed by atoms with van der Waals surface area (Å²) in [5.74, 6) is 1.89. The first kappa shape index (κ1) is 23.4. The fourth-order valence-corrected chi connectivity index (χ4v) is 7.15. The van der Waals surface area contributed by atoms with Crippen molar-refractivity contribution < 1.29 is 4.74 Å². The van der Waals surface area contributed by atoms with Crippen LogP contribution in [0.5, 0.6) is 11.5 Å². The van der Waals surface area contributed by atoms with Crippen LogP contribution in [0, 0.1) is 0 Å². The fourth-order valence-electron chi connectivity index (χ4n) is 7.15. The Morgan fingerprint density at radius 2 is 1.02 bits per heavy atom. The van der Waals surface area contributed by atoms with Crippen molar-refractivity contribution in [3.8, 4) is 33.8 Å². The van der Waals surface area contributed by atoms with Gasteiger partial charge in [-0.1, -0.05) is 145 Å². The molecule has 0 aliphatic carbocycles. The molecule has 0 radical (unpaired) electrons. The first-order valence-corrected chi connectivity index (χ1v) is 14.6. The molecule has 0 amide bonds. The molecule has 0 spiro atoms. The van der Waals surface area contributed by atoms with Crippen LogP contribution in [0.25, 0.3) is 54.6 Å². The molecule has 0 fully saturated rings. The van der Waals surface area contributed by atoms with Gasteiger partial charge in [0.15, 0.2) is 0 Å². The van der Waals surface area contributed by atoms with Crippen molar-refractivity contribution in [2.45, 2.75) is 0 Å². The van der Waals surface area contributed by atoms with Gasteiger partial charge in [-0.3, -0.25) is 0 Å². The summed E-state index contributed by atoms with van der Waals surface area (Å²) in [7, 11) is 0. The number of hydrogen-bond donors (Lipinski definition) is 0. The molecule has 0 bridgehead atoms. The van der Waals surface area contributed by atoms with Crippen molar-refractivity contribution in [3.63, 3.8) is 0 Å². The molecule has 1 nitrogen and oxygen atoms in total. The van der Waals surface area contributed by atoms with Gasteiger partial charge in [0.1, 0.15) is 11.5 Å². The fraction of sp³-hybridized carbons (Fsp3) is 0. The van der Waals surface area contributed by atoms with E-state index in [1.807, 2.05) is 0 Å². The predicted molar refractivity (Wildman–Crippen MR) is 179 cm³/mol. The van der Waals surface area contributed by atoms with E-state index in [9.17, 15) is 0 Å². The van der Waals surface area contributed by atoms with E-state index in [4.69, 9.17) is 4.74 Å². The van der Waals surface area contributed by atoms with Crippen LogP contribution in [0.4, 0.5) is 0 Å². The van der Waals surface area contributed by atoms with Crippen LogP contribution < -0.4 is 21.1 Å². The molecule has 0 atom stereocenters. The molecular weight excluding hydrogens is 507 g/mol. The van der Waals surface area contributed by atoms with Gasteiger partial charge in [-0.05, 0) is 66.9 Å². The van der Waals surface area contributed by atoms with Gasteiger partial charge >= 0.3 is 0 Å². The second-order valence-corrected chi connectivity index (χ2v) is 11.2. The zero-order chi connectivity index (χ0) is 27.6. The summed E-state index contributed by atoms with van der Waals surface area (Å²) in [6.07, 6.45) is 0. The van der Waals surface area contributed by atoms with E-state index in [1.165, 1.54) is 71.0 Å². The zero-order valence-electron chi connectivity index (χ0n) is 22.9. The highest BCUT2D eigenvalue weighted by Crippen LogP contribution is 2.41. The summed E-state index contributed by atoms with van der Waals surface area (Å²) in [5.41, 5.74) is 8.63. The molecule has 0 aromatic heterocycles. The monoisotopic (exact) mass is 532 g/mol. The quantitative estimate of drug-likeness (QED) is 0.164. The first-order valence-electron chi connectivity index (χ1n) is 14.6. The van der Waals surface area contributed by atoms with Gasteiger partial charge in [0, 0.05) is 10.8 Å². The number of hydrogen-bond acceptors (Lipinski definition) is 1. The Bertz CT molecular complexity index is 2200. The summed E-state index contributed by atoms with van der Waals surface area (Å²) in [4.78, 5) is 0. The Morgan fingerprint density at radius 3 is 1.74 bits per heavy atom. The lowest BCUT2D eigenvalue weighted by molar-refractivity contribution is 0.493. The molecule has 0 N–H and O–H groups in total. The van der Waals surface area contributed by atoms with E-state index in [-0.39, 0.29) is 6.71 Å². The van der Waals surface area contributed by atoms with Crippen LogP contribution in [0.1, 0.15) is 0 Å². The van der Waals surface area contributed by atoms with Gasteiger partial charge in [-0.15, -0.1) is 0 Å². The van der Waals surface area contributed by atoms with Crippen molar-refractivity contribution in [2.75, 3.05) is 0 Å². The predicted octanol–water partition coefficient (Wildman–Crippen LogP) is 8.54. The topological polar surface area (TPSA) is 9.23 Å². The maximum absolute atomic E-state index is 6.88. The average molecular weight is 532 g/mol. The van der Waals surface area contributed by atoms with Crippen LogP contribution in [-0.4, -0.2) is 6.71 Å². The van der Waals surface area contributed by atoms with Gasteiger partial charge in [0.05, 0.1) is 0 Å². The second kappa shape index (κ2) is 9.09. The highest BCUT2D eigenvalue weighted by molar-refractivity contribution is 6.98. The normalized spacial score (nSPS) is 12.4. The lowest BCUT2D eigenvalue weighted by Gasteiger charge is -2.31. The standard InChI is InChI=1S/C40H25BO/c1-3-11-26(12-4-1)31-17-10-18-32(27-13-5-2-6-14-27)39(31)41-34-19-7-8-20-36(34)42-40-33-24-23-29-16-9-15-28-21-22-30(25-35(40)41)38(33)37(28)29/h1-25H. The largest absolute Gasteiger partial charge is 0.458 e. The second-order valence-electron chi connectivity index (χ2n) is 11.2. The third-order valence-electron chi connectivity index (χ3n) is 8.94. The Balaban J connectivity index is 1.43. The summed E-state index contributed by atoms with van der Waals surface area (Å²) in [6, 6.07) is 54.9. The number of para-hydroxylation sites is 1. The number of ether oxygens (including phenoxy) is 1. The van der Waals surface area contributed by atoms with Crippen LogP contribution in [-0.2, 0) is 0 Å². The maximum atomic E-state index is 6.88. The van der Waals surface area contributed by atoms with E-state index in [2.05, 4.69) is 152 Å². The molecule has 9 rings (SSSR count). The Hall–Kier alpha value is -5.34. The molecule has 8 aromatic rings. The highest BCUT2D eigenvalue weighted by Gasteiger charge is 2.37. The van der Waals surface area contributed by atoms with E-state index in [1.54, 1.807) is 0 Å². The zero-order valence-corrected chi connectivity index (χ0v) is 22.9. The van der Waals surface area contributed by atoms with Crippen molar-refractivity contribution in [1.82, 2.24) is 0 Å². The Labute approximate surface area is 245 Å². The van der Waals surface area contributed by atoms with Gasteiger partial charge < -0.3 is 4.74 Å². The van der Waals surface area contributed by atoms with Crippen molar-refractivity contribution >= 4 is 55.4 Å². The molecule has 1 aliphatic rings. The van der Waals surface area contributed by atoms with Crippen LogP contribution in [0.3, 0.4) is 0 Å². The Morgan fingerprint density at radius 1 is 0.429 bits per heavy atom. The minimum atomic E-state index is -0.0153. The number of fused-ring (bicyclic) bond motifs is 3. The molecule has 2 heteroatoms. The maximum Gasteiger partial charge on any atom is 0.252 e. The van der Waals surface area contributed by atoms with E-state index in [0.29, 0.717) is 0 Å². The molecule has 8 aromatic carbocycles.